The number of hydrogen-bond acceptors (Lipinski definition) is 3. The molecule has 0 radical (unpaired) electrons. The predicted octanol–water partition coefficient (Wildman–Crippen LogP) is 3.03. The minimum Gasteiger partial charge on any atom is -0.368 e. The summed E-state index contributed by atoms with van der Waals surface area (Å²) in [5.74, 6) is 0.697. The molecule has 1 aliphatic heterocycles. The van der Waals surface area contributed by atoms with Crippen molar-refractivity contribution in [3.63, 3.8) is 0 Å². The van der Waals surface area contributed by atoms with Crippen molar-refractivity contribution in [3.8, 4) is 0 Å². The van der Waals surface area contributed by atoms with Crippen molar-refractivity contribution in [1.29, 1.82) is 0 Å². The molecule has 0 aromatic heterocycles. The molecule has 1 saturated heterocycles. The maximum absolute atomic E-state index is 6.32. The van der Waals surface area contributed by atoms with E-state index in [9.17, 15) is 0 Å². The second-order valence-electron chi connectivity index (χ2n) is 7.34. The predicted molar refractivity (Wildman–Crippen MR) is 82.3 cm³/mol. The lowest BCUT2D eigenvalue weighted by atomic mass is 9.77. The lowest BCUT2D eigenvalue weighted by Crippen LogP contribution is -2.64. The summed E-state index contributed by atoms with van der Waals surface area (Å²) in [6.45, 7) is 18.4. The lowest BCUT2D eigenvalue weighted by molar-refractivity contribution is -0.105. The van der Waals surface area contributed by atoms with E-state index in [1.807, 2.05) is 0 Å². The Morgan fingerprint density at radius 2 is 1.79 bits per heavy atom. The largest absolute Gasteiger partial charge is 0.368 e. The number of likely N-dealkylation sites (N-methyl/N-ethyl adjacent to an activating group) is 1. The molecule has 1 aliphatic rings. The average molecular weight is 270 g/mol. The molecule has 1 heterocycles. The molecule has 19 heavy (non-hydrogen) atoms. The van der Waals surface area contributed by atoms with Crippen molar-refractivity contribution in [3.05, 3.63) is 0 Å². The Hall–Kier alpha value is -0.120. The third-order valence-electron chi connectivity index (χ3n) is 4.92. The summed E-state index contributed by atoms with van der Waals surface area (Å²) in [7, 11) is 0. The van der Waals surface area contributed by atoms with Crippen LogP contribution in [0.3, 0.4) is 0 Å². The van der Waals surface area contributed by atoms with Gasteiger partial charge in [0.25, 0.3) is 0 Å². The smallest absolute Gasteiger partial charge is 0.0830 e. The van der Waals surface area contributed by atoms with Crippen molar-refractivity contribution in [2.75, 3.05) is 19.6 Å². The summed E-state index contributed by atoms with van der Waals surface area (Å²) in [4.78, 5) is 2.57. The fraction of sp³-hybridized carbons (Fsp3) is 1.00. The van der Waals surface area contributed by atoms with E-state index in [2.05, 4.69) is 53.4 Å². The molecule has 0 amide bonds. The third kappa shape index (κ3) is 3.14. The SMILES string of the molecule is CCC(C)CN(CC)C1(CN)CC(C)(C)OC1(C)C. The number of ether oxygens (including phenoxy) is 1. The Morgan fingerprint density at radius 1 is 1.21 bits per heavy atom. The Balaban J connectivity index is 3.07. The third-order valence-corrected chi connectivity index (χ3v) is 4.92. The molecule has 3 heteroatoms. The van der Waals surface area contributed by atoms with Crippen LogP contribution in [-0.2, 0) is 4.74 Å². The monoisotopic (exact) mass is 270 g/mol. The van der Waals surface area contributed by atoms with Crippen LogP contribution in [0.15, 0.2) is 0 Å². The fourth-order valence-electron chi connectivity index (χ4n) is 3.79. The van der Waals surface area contributed by atoms with Gasteiger partial charge in [0.1, 0.15) is 0 Å². The summed E-state index contributed by atoms with van der Waals surface area (Å²) >= 11 is 0. The van der Waals surface area contributed by atoms with E-state index in [0.29, 0.717) is 12.5 Å². The molecule has 0 bridgehead atoms. The highest BCUT2D eigenvalue weighted by atomic mass is 16.5. The molecular formula is C16H34N2O. The Labute approximate surface area is 119 Å². The second kappa shape index (κ2) is 5.71. The standard InChI is InChI=1S/C16H34N2O/c1-8-13(3)10-18(9-2)16(12-17)11-14(4,5)19-15(16,6)7/h13H,8-12,17H2,1-7H3. The fourth-order valence-corrected chi connectivity index (χ4v) is 3.79. The summed E-state index contributed by atoms with van der Waals surface area (Å²) < 4.78 is 6.32. The van der Waals surface area contributed by atoms with Crippen LogP contribution in [0.2, 0.25) is 0 Å². The van der Waals surface area contributed by atoms with Crippen LogP contribution in [0.5, 0.6) is 0 Å². The molecule has 1 fully saturated rings. The summed E-state index contributed by atoms with van der Waals surface area (Å²) in [6.07, 6.45) is 2.22. The van der Waals surface area contributed by atoms with Crippen LogP contribution in [0.4, 0.5) is 0 Å². The van der Waals surface area contributed by atoms with Crippen LogP contribution < -0.4 is 5.73 Å². The Bertz CT molecular complexity index is 301. The highest BCUT2D eigenvalue weighted by Crippen LogP contribution is 2.48. The van der Waals surface area contributed by atoms with Gasteiger partial charge in [-0.25, -0.2) is 0 Å². The van der Waals surface area contributed by atoms with Crippen molar-refractivity contribution in [2.24, 2.45) is 11.7 Å². The van der Waals surface area contributed by atoms with Crippen molar-refractivity contribution in [1.82, 2.24) is 4.90 Å². The second-order valence-corrected chi connectivity index (χ2v) is 7.34. The van der Waals surface area contributed by atoms with Gasteiger partial charge in [-0.3, -0.25) is 4.90 Å². The zero-order valence-electron chi connectivity index (χ0n) is 14.0. The van der Waals surface area contributed by atoms with Crippen molar-refractivity contribution in [2.45, 2.75) is 78.0 Å². The van der Waals surface area contributed by atoms with Gasteiger partial charge in [0.05, 0.1) is 16.7 Å². The molecule has 3 nitrogen and oxygen atoms in total. The van der Waals surface area contributed by atoms with Gasteiger partial charge in [-0.15, -0.1) is 0 Å². The van der Waals surface area contributed by atoms with Gasteiger partial charge in [0.2, 0.25) is 0 Å². The van der Waals surface area contributed by atoms with Gasteiger partial charge in [-0.05, 0) is 46.6 Å². The highest BCUT2D eigenvalue weighted by molar-refractivity contribution is 5.13. The molecule has 2 atom stereocenters. The van der Waals surface area contributed by atoms with Crippen molar-refractivity contribution >= 4 is 0 Å². The Morgan fingerprint density at radius 3 is 2.11 bits per heavy atom. The molecule has 0 saturated carbocycles. The Kier molecular flexibility index (Phi) is 5.09. The van der Waals surface area contributed by atoms with Gasteiger partial charge in [0.15, 0.2) is 0 Å². The number of hydrogen-bond donors (Lipinski definition) is 1. The van der Waals surface area contributed by atoms with E-state index < -0.39 is 0 Å². The summed E-state index contributed by atoms with van der Waals surface area (Å²) in [5.41, 5.74) is 5.90. The maximum atomic E-state index is 6.32. The van der Waals surface area contributed by atoms with Crippen molar-refractivity contribution < 1.29 is 4.74 Å². The van der Waals surface area contributed by atoms with Gasteiger partial charge in [0, 0.05) is 13.1 Å². The molecule has 0 aromatic rings. The normalized spacial score (nSPS) is 30.8. The van der Waals surface area contributed by atoms with Crippen LogP contribution in [0.1, 0.15) is 61.3 Å². The molecule has 2 unspecified atom stereocenters. The van der Waals surface area contributed by atoms with Crippen LogP contribution in [0.25, 0.3) is 0 Å². The maximum Gasteiger partial charge on any atom is 0.0830 e. The van der Waals surface area contributed by atoms with Crippen LogP contribution in [0, 0.1) is 5.92 Å². The first-order chi connectivity index (χ1) is 8.64. The highest BCUT2D eigenvalue weighted by Gasteiger charge is 2.58. The lowest BCUT2D eigenvalue weighted by Gasteiger charge is -2.48. The quantitative estimate of drug-likeness (QED) is 0.806. The minimum atomic E-state index is -0.200. The van der Waals surface area contributed by atoms with Gasteiger partial charge in [-0.2, -0.15) is 0 Å². The van der Waals surface area contributed by atoms with Gasteiger partial charge in [-0.1, -0.05) is 27.2 Å². The zero-order chi connectivity index (χ0) is 14.9. The average Bonchev–Trinajstić information content (AvgIpc) is 2.50. The topological polar surface area (TPSA) is 38.5 Å². The molecular weight excluding hydrogens is 236 g/mol. The number of nitrogens with zero attached hydrogens (tertiary/aromatic N) is 1. The number of nitrogens with two attached hydrogens (primary N) is 1. The molecule has 114 valence electrons. The van der Waals surface area contributed by atoms with E-state index in [1.165, 1.54) is 6.42 Å². The van der Waals surface area contributed by atoms with Crippen LogP contribution in [-0.4, -0.2) is 41.3 Å². The molecule has 1 rings (SSSR count). The zero-order valence-corrected chi connectivity index (χ0v) is 14.0. The molecule has 0 spiro atoms. The van der Waals surface area contributed by atoms with Gasteiger partial charge >= 0.3 is 0 Å². The first-order valence-electron chi connectivity index (χ1n) is 7.79. The summed E-state index contributed by atoms with van der Waals surface area (Å²) in [5, 5.41) is 0. The molecule has 0 aromatic carbocycles. The van der Waals surface area contributed by atoms with E-state index in [0.717, 1.165) is 19.5 Å². The minimum absolute atomic E-state index is 0.0469. The van der Waals surface area contributed by atoms with E-state index in [4.69, 9.17) is 10.5 Å². The molecule has 0 aliphatic carbocycles. The van der Waals surface area contributed by atoms with E-state index in [1.54, 1.807) is 0 Å². The van der Waals surface area contributed by atoms with E-state index in [-0.39, 0.29) is 16.7 Å². The molecule has 2 N–H and O–H groups in total. The van der Waals surface area contributed by atoms with Gasteiger partial charge < -0.3 is 10.5 Å². The van der Waals surface area contributed by atoms with E-state index >= 15 is 0 Å². The first kappa shape index (κ1) is 16.9. The summed E-state index contributed by atoms with van der Waals surface area (Å²) in [6, 6.07) is 0. The first-order valence-corrected chi connectivity index (χ1v) is 7.79. The van der Waals surface area contributed by atoms with Crippen LogP contribution >= 0.6 is 0 Å². The number of rotatable bonds is 6.